The first kappa shape index (κ1) is 15.2. The number of aryl methyl sites for hydroxylation is 2. The van der Waals surface area contributed by atoms with Gasteiger partial charge in [0, 0.05) is 16.1 Å². The maximum Gasteiger partial charge on any atom is 0.293 e. The van der Waals surface area contributed by atoms with E-state index in [0.29, 0.717) is 5.56 Å². The predicted molar refractivity (Wildman–Crippen MR) is 84.7 cm³/mol. The van der Waals surface area contributed by atoms with Crippen molar-refractivity contribution in [2.75, 3.05) is 5.32 Å². The van der Waals surface area contributed by atoms with Crippen LogP contribution in [-0.4, -0.2) is 10.8 Å². The molecule has 0 saturated carbocycles. The Morgan fingerprint density at radius 2 is 1.90 bits per heavy atom. The third kappa shape index (κ3) is 3.46. The molecule has 0 atom stereocenters. The molecule has 108 valence electrons. The van der Waals surface area contributed by atoms with Gasteiger partial charge in [0.2, 0.25) is 0 Å². The summed E-state index contributed by atoms with van der Waals surface area (Å²) in [6.07, 6.45) is 0. The Balaban J connectivity index is 2.31. The monoisotopic (exact) mass is 348 g/mol. The van der Waals surface area contributed by atoms with Crippen molar-refractivity contribution in [3.63, 3.8) is 0 Å². The van der Waals surface area contributed by atoms with Gasteiger partial charge >= 0.3 is 0 Å². The van der Waals surface area contributed by atoms with Crippen LogP contribution in [-0.2, 0) is 0 Å². The minimum absolute atomic E-state index is 0.114. The zero-order valence-corrected chi connectivity index (χ0v) is 13.1. The molecule has 0 saturated heterocycles. The van der Waals surface area contributed by atoms with Crippen molar-refractivity contribution in [3.8, 4) is 0 Å². The fourth-order valence-corrected chi connectivity index (χ4v) is 2.13. The molecule has 0 fully saturated rings. The SMILES string of the molecule is Cc1ccc(NC(=O)c2ccc(Br)c(C)c2)c([N+](=O)[O-])c1. The molecular formula is C15H13BrN2O3. The van der Waals surface area contributed by atoms with Crippen molar-refractivity contribution >= 4 is 33.2 Å². The molecule has 6 heteroatoms. The van der Waals surface area contributed by atoms with Crippen LogP contribution in [0.3, 0.4) is 0 Å². The molecule has 21 heavy (non-hydrogen) atoms. The quantitative estimate of drug-likeness (QED) is 0.666. The minimum Gasteiger partial charge on any atom is -0.316 e. The Kier molecular flexibility index (Phi) is 4.37. The molecular weight excluding hydrogens is 336 g/mol. The number of nitro groups is 1. The molecule has 0 aromatic heterocycles. The summed E-state index contributed by atoms with van der Waals surface area (Å²) in [7, 11) is 0. The second kappa shape index (κ2) is 6.05. The number of rotatable bonds is 3. The van der Waals surface area contributed by atoms with Gasteiger partial charge in [-0.15, -0.1) is 0 Å². The number of hydrogen-bond acceptors (Lipinski definition) is 3. The first-order valence-corrected chi connectivity index (χ1v) is 7.00. The highest BCUT2D eigenvalue weighted by atomic mass is 79.9. The molecule has 0 aliphatic heterocycles. The average molecular weight is 349 g/mol. The fraction of sp³-hybridized carbons (Fsp3) is 0.133. The van der Waals surface area contributed by atoms with E-state index in [4.69, 9.17) is 0 Å². The van der Waals surface area contributed by atoms with Crippen LogP contribution in [0.4, 0.5) is 11.4 Å². The Labute approximate surface area is 130 Å². The first-order chi connectivity index (χ1) is 9.88. The summed E-state index contributed by atoms with van der Waals surface area (Å²) < 4.78 is 0.903. The number of carbonyl (C=O) groups excluding carboxylic acids is 1. The fourth-order valence-electron chi connectivity index (χ4n) is 1.88. The van der Waals surface area contributed by atoms with E-state index in [0.717, 1.165) is 15.6 Å². The molecule has 2 aromatic rings. The van der Waals surface area contributed by atoms with E-state index < -0.39 is 4.92 Å². The number of benzene rings is 2. The molecule has 1 N–H and O–H groups in total. The Bertz CT molecular complexity index is 729. The number of anilines is 1. The Morgan fingerprint density at radius 3 is 2.52 bits per heavy atom. The van der Waals surface area contributed by atoms with E-state index in [9.17, 15) is 14.9 Å². The molecule has 0 aliphatic carbocycles. The average Bonchev–Trinajstić information content (AvgIpc) is 2.43. The van der Waals surface area contributed by atoms with Crippen LogP contribution < -0.4 is 5.32 Å². The third-order valence-electron chi connectivity index (χ3n) is 3.02. The predicted octanol–water partition coefficient (Wildman–Crippen LogP) is 4.23. The summed E-state index contributed by atoms with van der Waals surface area (Å²) in [5.74, 6) is -0.377. The molecule has 0 unspecified atom stereocenters. The molecule has 0 radical (unpaired) electrons. The van der Waals surface area contributed by atoms with Gasteiger partial charge in [0.1, 0.15) is 5.69 Å². The van der Waals surface area contributed by atoms with Gasteiger partial charge in [0.05, 0.1) is 4.92 Å². The summed E-state index contributed by atoms with van der Waals surface area (Å²) in [6.45, 7) is 3.63. The lowest BCUT2D eigenvalue weighted by Crippen LogP contribution is -2.13. The van der Waals surface area contributed by atoms with Crippen LogP contribution in [0.1, 0.15) is 21.5 Å². The number of nitrogens with zero attached hydrogens (tertiary/aromatic N) is 1. The molecule has 2 rings (SSSR count). The van der Waals surface area contributed by atoms with E-state index >= 15 is 0 Å². The van der Waals surface area contributed by atoms with Gasteiger partial charge in [-0.05, 0) is 49.2 Å². The van der Waals surface area contributed by atoms with Crippen molar-refractivity contribution in [1.29, 1.82) is 0 Å². The maximum atomic E-state index is 12.2. The third-order valence-corrected chi connectivity index (χ3v) is 3.91. The number of nitro benzene ring substituents is 1. The van der Waals surface area contributed by atoms with Gasteiger partial charge < -0.3 is 5.32 Å². The number of hydrogen-bond donors (Lipinski definition) is 1. The highest BCUT2D eigenvalue weighted by molar-refractivity contribution is 9.10. The van der Waals surface area contributed by atoms with Crippen LogP contribution in [0.2, 0.25) is 0 Å². The summed E-state index contributed by atoms with van der Waals surface area (Å²) >= 11 is 3.36. The Morgan fingerprint density at radius 1 is 1.19 bits per heavy atom. The van der Waals surface area contributed by atoms with Crippen LogP contribution >= 0.6 is 15.9 Å². The maximum absolute atomic E-state index is 12.2. The summed E-state index contributed by atoms with van der Waals surface area (Å²) in [4.78, 5) is 22.7. The lowest BCUT2D eigenvalue weighted by molar-refractivity contribution is -0.384. The van der Waals surface area contributed by atoms with Crippen LogP contribution in [0.25, 0.3) is 0 Å². The molecule has 0 heterocycles. The van der Waals surface area contributed by atoms with Gasteiger partial charge in [0.15, 0.2) is 0 Å². The van der Waals surface area contributed by atoms with Gasteiger partial charge in [-0.3, -0.25) is 14.9 Å². The van der Waals surface area contributed by atoms with Crippen molar-refractivity contribution < 1.29 is 9.72 Å². The van der Waals surface area contributed by atoms with E-state index in [2.05, 4.69) is 21.2 Å². The van der Waals surface area contributed by atoms with E-state index in [1.807, 2.05) is 6.92 Å². The standard InChI is InChI=1S/C15H13BrN2O3/c1-9-3-6-13(14(7-9)18(20)21)17-15(19)11-4-5-12(16)10(2)8-11/h3-8H,1-2H3,(H,17,19). The van der Waals surface area contributed by atoms with E-state index in [1.165, 1.54) is 12.1 Å². The highest BCUT2D eigenvalue weighted by Gasteiger charge is 2.17. The molecule has 0 spiro atoms. The van der Waals surface area contributed by atoms with E-state index in [-0.39, 0.29) is 17.3 Å². The second-order valence-corrected chi connectivity index (χ2v) is 5.55. The normalized spacial score (nSPS) is 10.2. The molecule has 5 nitrogen and oxygen atoms in total. The van der Waals surface area contributed by atoms with Crippen LogP contribution in [0.15, 0.2) is 40.9 Å². The smallest absolute Gasteiger partial charge is 0.293 e. The molecule has 0 bridgehead atoms. The van der Waals surface area contributed by atoms with Gasteiger partial charge in [-0.1, -0.05) is 22.0 Å². The number of nitrogens with one attached hydrogen (secondary N) is 1. The summed E-state index contributed by atoms with van der Waals surface area (Å²) in [6, 6.07) is 9.84. The molecule has 2 aromatic carbocycles. The minimum atomic E-state index is -0.505. The van der Waals surface area contributed by atoms with E-state index in [1.54, 1.807) is 31.2 Å². The number of amides is 1. The molecule has 0 aliphatic rings. The van der Waals surface area contributed by atoms with Crippen LogP contribution in [0.5, 0.6) is 0 Å². The van der Waals surface area contributed by atoms with Gasteiger partial charge in [-0.2, -0.15) is 0 Å². The largest absolute Gasteiger partial charge is 0.316 e. The van der Waals surface area contributed by atoms with Crippen molar-refractivity contribution in [1.82, 2.24) is 0 Å². The van der Waals surface area contributed by atoms with Crippen molar-refractivity contribution in [2.24, 2.45) is 0 Å². The number of carbonyl (C=O) groups is 1. The van der Waals surface area contributed by atoms with Gasteiger partial charge in [-0.25, -0.2) is 0 Å². The first-order valence-electron chi connectivity index (χ1n) is 6.21. The Hall–Kier alpha value is -2.21. The lowest BCUT2D eigenvalue weighted by atomic mass is 10.1. The zero-order chi connectivity index (χ0) is 15.6. The van der Waals surface area contributed by atoms with Crippen molar-refractivity contribution in [2.45, 2.75) is 13.8 Å². The van der Waals surface area contributed by atoms with Crippen molar-refractivity contribution in [3.05, 3.63) is 67.7 Å². The lowest BCUT2D eigenvalue weighted by Gasteiger charge is -2.08. The zero-order valence-electron chi connectivity index (χ0n) is 11.5. The topological polar surface area (TPSA) is 72.2 Å². The summed E-state index contributed by atoms with van der Waals surface area (Å²) in [5, 5.41) is 13.6. The molecule has 1 amide bonds. The highest BCUT2D eigenvalue weighted by Crippen LogP contribution is 2.26. The number of halogens is 1. The van der Waals surface area contributed by atoms with Crippen LogP contribution in [0, 0.1) is 24.0 Å². The second-order valence-electron chi connectivity index (χ2n) is 4.70. The van der Waals surface area contributed by atoms with Gasteiger partial charge in [0.25, 0.3) is 11.6 Å². The summed E-state index contributed by atoms with van der Waals surface area (Å²) in [5.41, 5.74) is 2.21.